The highest BCUT2D eigenvalue weighted by atomic mass is 32.1. The van der Waals surface area contributed by atoms with Crippen LogP contribution in [0.25, 0.3) is 21.3 Å². The molecule has 0 atom stereocenters. The Bertz CT molecular complexity index is 1310. The summed E-state index contributed by atoms with van der Waals surface area (Å²) < 4.78 is 11.9. The van der Waals surface area contributed by atoms with Gasteiger partial charge < -0.3 is 9.47 Å². The molecule has 1 amide bonds. The van der Waals surface area contributed by atoms with E-state index in [1.807, 2.05) is 44.2 Å². The second kappa shape index (κ2) is 8.61. The van der Waals surface area contributed by atoms with Crippen molar-refractivity contribution in [2.24, 2.45) is 0 Å². The van der Waals surface area contributed by atoms with Crippen molar-refractivity contribution in [3.63, 3.8) is 0 Å². The molecular formula is C23H21N3O4S. The Kier molecular flexibility index (Phi) is 5.73. The topological polar surface area (TPSA) is 82.5 Å². The van der Waals surface area contributed by atoms with E-state index >= 15 is 0 Å². The molecule has 0 saturated heterocycles. The van der Waals surface area contributed by atoms with Crippen molar-refractivity contribution in [2.75, 3.05) is 19.1 Å². The lowest BCUT2D eigenvalue weighted by molar-refractivity contribution is 0.101. The summed E-state index contributed by atoms with van der Waals surface area (Å²) >= 11 is 1.46. The number of nitrogens with zero attached hydrogens (tertiary/aromatic N) is 2. The summed E-state index contributed by atoms with van der Waals surface area (Å²) in [4.78, 5) is 32.1. The Morgan fingerprint density at radius 1 is 1.16 bits per heavy atom. The molecule has 0 aliphatic heterocycles. The van der Waals surface area contributed by atoms with Crippen LogP contribution in [-0.4, -0.2) is 29.3 Å². The summed E-state index contributed by atoms with van der Waals surface area (Å²) in [5, 5.41) is 0.487. The van der Waals surface area contributed by atoms with Gasteiger partial charge in [-0.2, -0.15) is 0 Å². The molecule has 4 aromatic rings. The molecule has 0 spiro atoms. The number of carbonyl (C=O) groups is 1. The molecule has 158 valence electrons. The Labute approximate surface area is 182 Å². The minimum absolute atomic E-state index is 0.331. The van der Waals surface area contributed by atoms with Crippen LogP contribution in [0.2, 0.25) is 0 Å². The molecule has 0 radical (unpaired) electrons. The minimum Gasteiger partial charge on any atom is -0.493 e. The Morgan fingerprint density at radius 3 is 2.65 bits per heavy atom. The van der Waals surface area contributed by atoms with Crippen LogP contribution in [0.1, 0.15) is 22.2 Å². The number of nitrogens with one attached hydrogen (secondary N) is 1. The van der Waals surface area contributed by atoms with E-state index in [0.29, 0.717) is 33.9 Å². The normalized spacial score (nSPS) is 10.8. The van der Waals surface area contributed by atoms with Crippen LogP contribution in [0.4, 0.5) is 0 Å². The molecule has 0 bridgehead atoms. The number of hydrogen-bond donors (Lipinski definition) is 1. The second-order valence-electron chi connectivity index (χ2n) is 6.74. The van der Waals surface area contributed by atoms with E-state index in [0.717, 1.165) is 20.7 Å². The van der Waals surface area contributed by atoms with Gasteiger partial charge in [0.15, 0.2) is 11.5 Å². The van der Waals surface area contributed by atoms with Gasteiger partial charge in [0.25, 0.3) is 11.5 Å². The van der Waals surface area contributed by atoms with Crippen LogP contribution in [0.15, 0.2) is 59.7 Å². The summed E-state index contributed by atoms with van der Waals surface area (Å²) in [6.07, 6.45) is 1.33. The monoisotopic (exact) mass is 435 g/mol. The number of aryl methyl sites for hydroxylation is 1. The zero-order valence-electron chi connectivity index (χ0n) is 17.3. The van der Waals surface area contributed by atoms with Gasteiger partial charge in [0.05, 0.1) is 19.1 Å². The molecule has 7 nitrogen and oxygen atoms in total. The highest BCUT2D eigenvalue weighted by Gasteiger charge is 2.18. The Hall–Kier alpha value is -3.65. The SMILES string of the molecule is CCOc1ccc(C(=O)Nn2cnc3sc(C)c(-c4ccccc4)c3c2=O)cc1OC. The lowest BCUT2D eigenvalue weighted by atomic mass is 10.0. The third-order valence-electron chi connectivity index (χ3n) is 4.80. The smallest absolute Gasteiger partial charge is 0.281 e. The summed E-state index contributed by atoms with van der Waals surface area (Å²) in [7, 11) is 1.51. The molecule has 0 unspecified atom stereocenters. The van der Waals surface area contributed by atoms with Gasteiger partial charge >= 0.3 is 0 Å². The molecule has 0 aliphatic carbocycles. The number of ether oxygens (including phenoxy) is 2. The molecule has 1 N–H and O–H groups in total. The van der Waals surface area contributed by atoms with Crippen LogP contribution in [-0.2, 0) is 0 Å². The van der Waals surface area contributed by atoms with Crippen LogP contribution < -0.4 is 20.5 Å². The van der Waals surface area contributed by atoms with Crippen molar-refractivity contribution in [1.82, 2.24) is 9.66 Å². The highest BCUT2D eigenvalue weighted by molar-refractivity contribution is 7.19. The Morgan fingerprint density at radius 2 is 1.94 bits per heavy atom. The number of thiophene rings is 1. The third-order valence-corrected chi connectivity index (χ3v) is 5.81. The first-order chi connectivity index (χ1) is 15.0. The van der Waals surface area contributed by atoms with Crippen molar-refractivity contribution in [1.29, 1.82) is 0 Å². The van der Waals surface area contributed by atoms with E-state index in [2.05, 4.69) is 10.4 Å². The average Bonchev–Trinajstić information content (AvgIpc) is 3.13. The molecular weight excluding hydrogens is 414 g/mol. The number of fused-ring (bicyclic) bond motifs is 1. The van der Waals surface area contributed by atoms with Crippen molar-refractivity contribution < 1.29 is 14.3 Å². The molecule has 4 rings (SSSR count). The molecule has 0 fully saturated rings. The van der Waals surface area contributed by atoms with E-state index in [9.17, 15) is 9.59 Å². The molecule has 0 saturated carbocycles. The fourth-order valence-electron chi connectivity index (χ4n) is 3.39. The minimum atomic E-state index is -0.460. The van der Waals surface area contributed by atoms with Crippen LogP contribution >= 0.6 is 11.3 Å². The fourth-order valence-corrected chi connectivity index (χ4v) is 4.40. The molecule has 0 aliphatic rings. The van der Waals surface area contributed by atoms with Crippen molar-refractivity contribution >= 4 is 27.5 Å². The van der Waals surface area contributed by atoms with Gasteiger partial charge in [-0.3, -0.25) is 15.0 Å². The van der Waals surface area contributed by atoms with Crippen LogP contribution in [0.3, 0.4) is 0 Å². The van der Waals surface area contributed by atoms with Gasteiger partial charge in [0.2, 0.25) is 0 Å². The lowest BCUT2D eigenvalue weighted by Crippen LogP contribution is -2.33. The number of hydrogen-bond acceptors (Lipinski definition) is 6. The first-order valence-electron chi connectivity index (χ1n) is 9.71. The average molecular weight is 436 g/mol. The van der Waals surface area contributed by atoms with E-state index in [-0.39, 0.29) is 5.56 Å². The maximum atomic E-state index is 13.2. The quantitative estimate of drug-likeness (QED) is 0.490. The first-order valence-corrected chi connectivity index (χ1v) is 10.5. The maximum absolute atomic E-state index is 13.2. The number of rotatable bonds is 6. The van der Waals surface area contributed by atoms with Gasteiger partial charge in [-0.15, -0.1) is 11.3 Å². The number of carbonyl (C=O) groups excluding carboxylic acids is 1. The zero-order valence-corrected chi connectivity index (χ0v) is 18.2. The molecule has 2 aromatic heterocycles. The van der Waals surface area contributed by atoms with Crippen molar-refractivity contribution in [2.45, 2.75) is 13.8 Å². The first kappa shape index (κ1) is 20.6. The predicted octanol–water partition coefficient (Wildman–Crippen LogP) is 4.22. The van der Waals surface area contributed by atoms with Gasteiger partial charge in [0.1, 0.15) is 11.2 Å². The number of methoxy groups -OCH3 is 1. The van der Waals surface area contributed by atoms with Gasteiger partial charge in [0, 0.05) is 16.0 Å². The standard InChI is InChI=1S/C23H21N3O4S/c1-4-30-17-11-10-16(12-18(17)29-3)21(27)25-26-13-24-22-20(23(26)28)19(14(2)31-22)15-8-6-5-7-9-15/h5-13H,4H2,1-3H3,(H,25,27). The zero-order chi connectivity index (χ0) is 22.0. The van der Waals surface area contributed by atoms with Crippen molar-refractivity contribution in [3.05, 3.63) is 75.7 Å². The molecule has 2 heterocycles. The van der Waals surface area contributed by atoms with Gasteiger partial charge in [-0.1, -0.05) is 30.3 Å². The summed E-state index contributed by atoms with van der Waals surface area (Å²) in [5.74, 6) is 0.524. The maximum Gasteiger partial charge on any atom is 0.281 e. The summed E-state index contributed by atoms with van der Waals surface area (Å²) in [6, 6.07) is 14.5. The van der Waals surface area contributed by atoms with Gasteiger partial charge in [-0.25, -0.2) is 9.66 Å². The van der Waals surface area contributed by atoms with Gasteiger partial charge in [-0.05, 0) is 37.6 Å². The predicted molar refractivity (Wildman–Crippen MR) is 122 cm³/mol. The van der Waals surface area contributed by atoms with E-state index in [1.54, 1.807) is 18.2 Å². The fraction of sp³-hybridized carbons (Fsp3) is 0.174. The largest absolute Gasteiger partial charge is 0.493 e. The van der Waals surface area contributed by atoms with E-state index in [1.165, 1.54) is 24.8 Å². The molecule has 31 heavy (non-hydrogen) atoms. The molecule has 8 heteroatoms. The summed E-state index contributed by atoms with van der Waals surface area (Å²) in [6.45, 7) is 4.31. The van der Waals surface area contributed by atoms with Crippen LogP contribution in [0, 0.1) is 6.92 Å². The second-order valence-corrected chi connectivity index (χ2v) is 7.94. The molecule has 2 aromatic carbocycles. The highest BCUT2D eigenvalue weighted by Crippen LogP contribution is 2.35. The Balaban J connectivity index is 1.72. The number of benzene rings is 2. The van der Waals surface area contributed by atoms with E-state index < -0.39 is 5.91 Å². The van der Waals surface area contributed by atoms with E-state index in [4.69, 9.17) is 9.47 Å². The summed E-state index contributed by atoms with van der Waals surface area (Å²) in [5.41, 5.74) is 4.39. The lowest BCUT2D eigenvalue weighted by Gasteiger charge is -2.12. The number of amides is 1. The van der Waals surface area contributed by atoms with Crippen LogP contribution in [0.5, 0.6) is 11.5 Å². The third kappa shape index (κ3) is 3.89. The van der Waals surface area contributed by atoms with Crippen molar-refractivity contribution in [3.8, 4) is 22.6 Å². The number of aromatic nitrogens is 2.